The lowest BCUT2D eigenvalue weighted by Crippen LogP contribution is -2.32. The van der Waals surface area contributed by atoms with Crippen LogP contribution in [0.1, 0.15) is 25.1 Å². The summed E-state index contributed by atoms with van der Waals surface area (Å²) in [6.45, 7) is 7.31. The Bertz CT molecular complexity index is 960. The van der Waals surface area contributed by atoms with Gasteiger partial charge in [-0.15, -0.1) is 0 Å². The number of fused-ring (bicyclic) bond motifs is 1. The summed E-state index contributed by atoms with van der Waals surface area (Å²) in [7, 11) is 0. The first kappa shape index (κ1) is 18.1. The molecule has 0 aliphatic carbocycles. The fourth-order valence-corrected chi connectivity index (χ4v) is 3.13. The Balaban J connectivity index is 1.60. The average molecular weight is 376 g/mol. The topological polar surface area (TPSA) is 59.5 Å². The van der Waals surface area contributed by atoms with Crippen LogP contribution in [0.25, 0.3) is 0 Å². The quantitative estimate of drug-likeness (QED) is 0.674. The molecule has 0 atom stereocenters. The van der Waals surface area contributed by atoms with Crippen LogP contribution >= 0.6 is 0 Å². The van der Waals surface area contributed by atoms with Gasteiger partial charge in [0.2, 0.25) is 12.7 Å². The highest BCUT2D eigenvalue weighted by atomic mass is 16.7. The van der Waals surface area contributed by atoms with Gasteiger partial charge in [-0.05, 0) is 38.5 Å². The van der Waals surface area contributed by atoms with Gasteiger partial charge in [0.25, 0.3) is 0 Å². The summed E-state index contributed by atoms with van der Waals surface area (Å²) in [5, 5.41) is 3.36. The lowest BCUT2D eigenvalue weighted by Gasteiger charge is -2.27. The molecule has 1 aliphatic heterocycles. The standard InChI is InChI=1S/C22H24N4O2/c1-15(2)26(13-17-7-5-4-6-8-17)22-23-16(3)11-21(25-22)24-18-9-10-19-20(12-18)28-14-27-19/h4-12,15H,13-14H2,1-3H3,(H,23,24,25). The number of nitrogens with one attached hydrogen (secondary N) is 1. The lowest BCUT2D eigenvalue weighted by atomic mass is 10.2. The molecule has 28 heavy (non-hydrogen) atoms. The number of rotatable bonds is 6. The Hall–Kier alpha value is -3.28. The van der Waals surface area contributed by atoms with Crippen molar-refractivity contribution in [3.8, 4) is 11.5 Å². The minimum absolute atomic E-state index is 0.262. The molecule has 4 rings (SSSR count). The molecule has 6 heteroatoms. The molecule has 0 radical (unpaired) electrons. The van der Waals surface area contributed by atoms with Crippen LogP contribution in [-0.4, -0.2) is 22.8 Å². The molecular formula is C22H24N4O2. The summed E-state index contributed by atoms with van der Waals surface area (Å²) in [4.78, 5) is 11.7. The molecule has 0 saturated carbocycles. The normalized spacial score (nSPS) is 12.3. The molecular weight excluding hydrogens is 352 g/mol. The predicted octanol–water partition coefficient (Wildman–Crippen LogP) is 4.67. The van der Waals surface area contributed by atoms with Gasteiger partial charge in [0, 0.05) is 36.1 Å². The number of benzene rings is 2. The highest BCUT2D eigenvalue weighted by Crippen LogP contribution is 2.35. The molecule has 2 aromatic carbocycles. The van der Waals surface area contributed by atoms with Crippen molar-refractivity contribution in [1.29, 1.82) is 0 Å². The van der Waals surface area contributed by atoms with E-state index in [1.807, 2.05) is 37.3 Å². The maximum Gasteiger partial charge on any atom is 0.231 e. The van der Waals surface area contributed by atoms with Crippen molar-refractivity contribution in [2.75, 3.05) is 17.0 Å². The maximum atomic E-state index is 5.46. The number of hydrogen-bond acceptors (Lipinski definition) is 6. The van der Waals surface area contributed by atoms with Gasteiger partial charge < -0.3 is 19.7 Å². The van der Waals surface area contributed by atoms with Gasteiger partial charge in [-0.3, -0.25) is 0 Å². The van der Waals surface area contributed by atoms with E-state index in [1.165, 1.54) is 5.56 Å². The average Bonchev–Trinajstić information content (AvgIpc) is 3.14. The highest BCUT2D eigenvalue weighted by Gasteiger charge is 2.17. The van der Waals surface area contributed by atoms with Crippen LogP contribution in [0.3, 0.4) is 0 Å². The van der Waals surface area contributed by atoms with E-state index in [0.717, 1.165) is 35.2 Å². The second kappa shape index (κ2) is 7.76. The summed E-state index contributed by atoms with van der Waals surface area (Å²) in [6, 6.07) is 18.4. The van der Waals surface area contributed by atoms with Crippen LogP contribution in [0.15, 0.2) is 54.6 Å². The zero-order valence-corrected chi connectivity index (χ0v) is 16.3. The van der Waals surface area contributed by atoms with Gasteiger partial charge in [-0.2, -0.15) is 4.98 Å². The summed E-state index contributed by atoms with van der Waals surface area (Å²) in [6.07, 6.45) is 0. The SMILES string of the molecule is Cc1cc(Nc2ccc3c(c2)OCO3)nc(N(Cc2ccccc2)C(C)C)n1. The Morgan fingerprint density at radius 3 is 2.57 bits per heavy atom. The molecule has 0 saturated heterocycles. The Morgan fingerprint density at radius 1 is 1.00 bits per heavy atom. The van der Waals surface area contributed by atoms with E-state index in [4.69, 9.17) is 14.5 Å². The molecule has 0 unspecified atom stereocenters. The summed E-state index contributed by atoms with van der Waals surface area (Å²) >= 11 is 0. The molecule has 1 aromatic heterocycles. The van der Waals surface area contributed by atoms with E-state index < -0.39 is 0 Å². The largest absolute Gasteiger partial charge is 0.454 e. The Morgan fingerprint density at radius 2 is 1.79 bits per heavy atom. The van der Waals surface area contributed by atoms with E-state index in [0.29, 0.717) is 5.95 Å². The predicted molar refractivity (Wildman–Crippen MR) is 110 cm³/mol. The Kier molecular flexibility index (Phi) is 5.02. The number of nitrogens with zero attached hydrogens (tertiary/aromatic N) is 3. The number of hydrogen-bond donors (Lipinski definition) is 1. The van der Waals surface area contributed by atoms with Crippen molar-refractivity contribution in [2.24, 2.45) is 0 Å². The van der Waals surface area contributed by atoms with Crippen molar-refractivity contribution in [3.63, 3.8) is 0 Å². The van der Waals surface area contributed by atoms with E-state index in [1.54, 1.807) is 0 Å². The minimum atomic E-state index is 0.262. The van der Waals surface area contributed by atoms with Crippen LogP contribution in [0.2, 0.25) is 0 Å². The van der Waals surface area contributed by atoms with Crippen molar-refractivity contribution in [1.82, 2.24) is 9.97 Å². The monoisotopic (exact) mass is 376 g/mol. The second-order valence-corrected chi connectivity index (χ2v) is 7.09. The third-order valence-electron chi connectivity index (χ3n) is 4.56. The van der Waals surface area contributed by atoms with Gasteiger partial charge in [0.05, 0.1) is 0 Å². The zero-order valence-electron chi connectivity index (χ0n) is 16.3. The highest BCUT2D eigenvalue weighted by molar-refractivity contribution is 5.62. The molecule has 1 N–H and O–H groups in total. The van der Waals surface area contributed by atoms with Crippen LogP contribution < -0.4 is 19.7 Å². The first-order chi connectivity index (χ1) is 13.6. The van der Waals surface area contributed by atoms with Gasteiger partial charge in [-0.25, -0.2) is 4.98 Å². The van der Waals surface area contributed by atoms with E-state index in [9.17, 15) is 0 Å². The second-order valence-electron chi connectivity index (χ2n) is 7.09. The van der Waals surface area contributed by atoms with Crippen molar-refractivity contribution >= 4 is 17.5 Å². The van der Waals surface area contributed by atoms with Crippen molar-refractivity contribution in [3.05, 3.63) is 65.9 Å². The smallest absolute Gasteiger partial charge is 0.231 e. The zero-order chi connectivity index (χ0) is 19.5. The summed E-state index contributed by atoms with van der Waals surface area (Å²) in [5.74, 6) is 2.96. The fraction of sp³-hybridized carbons (Fsp3) is 0.273. The first-order valence-electron chi connectivity index (χ1n) is 9.41. The third kappa shape index (κ3) is 4.01. The number of aryl methyl sites for hydroxylation is 1. The number of aromatic nitrogens is 2. The van der Waals surface area contributed by atoms with Crippen LogP contribution in [-0.2, 0) is 6.54 Å². The first-order valence-corrected chi connectivity index (χ1v) is 9.41. The van der Waals surface area contributed by atoms with Crippen molar-refractivity contribution in [2.45, 2.75) is 33.4 Å². The molecule has 6 nitrogen and oxygen atoms in total. The van der Waals surface area contributed by atoms with Gasteiger partial charge >= 0.3 is 0 Å². The van der Waals surface area contributed by atoms with Crippen molar-refractivity contribution < 1.29 is 9.47 Å². The molecule has 3 aromatic rings. The van der Waals surface area contributed by atoms with Gasteiger partial charge in [0.15, 0.2) is 11.5 Å². The third-order valence-corrected chi connectivity index (χ3v) is 4.56. The summed E-state index contributed by atoms with van der Waals surface area (Å²) in [5.41, 5.74) is 3.03. The van der Waals surface area contributed by atoms with E-state index in [2.05, 4.69) is 53.3 Å². The molecule has 0 amide bonds. The molecule has 144 valence electrons. The Labute approximate surface area is 165 Å². The molecule has 1 aliphatic rings. The number of ether oxygens (including phenoxy) is 2. The molecule has 0 fully saturated rings. The van der Waals surface area contributed by atoms with E-state index in [-0.39, 0.29) is 12.8 Å². The minimum Gasteiger partial charge on any atom is -0.454 e. The van der Waals surface area contributed by atoms with Gasteiger partial charge in [0.1, 0.15) is 5.82 Å². The lowest BCUT2D eigenvalue weighted by molar-refractivity contribution is 0.174. The molecule has 0 spiro atoms. The van der Waals surface area contributed by atoms with Crippen LogP contribution in [0.4, 0.5) is 17.5 Å². The van der Waals surface area contributed by atoms with E-state index >= 15 is 0 Å². The molecule has 0 bridgehead atoms. The summed E-state index contributed by atoms with van der Waals surface area (Å²) < 4.78 is 10.8. The van der Waals surface area contributed by atoms with Gasteiger partial charge in [-0.1, -0.05) is 30.3 Å². The molecule has 2 heterocycles. The number of anilines is 3. The maximum absolute atomic E-state index is 5.46. The van der Waals surface area contributed by atoms with Crippen LogP contribution in [0, 0.1) is 6.92 Å². The van der Waals surface area contributed by atoms with Crippen LogP contribution in [0.5, 0.6) is 11.5 Å². The fourth-order valence-electron chi connectivity index (χ4n) is 3.13.